The Morgan fingerprint density at radius 3 is 2.61 bits per heavy atom. The van der Waals surface area contributed by atoms with Crippen LogP contribution in [0.5, 0.6) is 11.5 Å². The molecule has 0 saturated carbocycles. The molecule has 1 saturated heterocycles. The summed E-state index contributed by atoms with van der Waals surface area (Å²) in [5.41, 5.74) is 3.68. The maximum atomic E-state index is 13.5. The summed E-state index contributed by atoms with van der Waals surface area (Å²) in [5, 5.41) is 11.5. The van der Waals surface area contributed by atoms with Crippen molar-refractivity contribution in [1.82, 2.24) is 4.90 Å². The molecule has 0 spiro atoms. The lowest BCUT2D eigenvalue weighted by Crippen LogP contribution is -2.30. The average molecular weight is 512 g/mol. The molecule has 6 nitrogen and oxygen atoms in total. The number of carbonyl (C=O) groups is 2. The molecule has 2 aliphatic heterocycles. The number of amides is 1. The number of hydrogen-bond donors (Lipinski definition) is 1. The van der Waals surface area contributed by atoms with Crippen molar-refractivity contribution in [2.24, 2.45) is 0 Å². The Kier molecular flexibility index (Phi) is 6.74. The van der Waals surface area contributed by atoms with Crippen molar-refractivity contribution in [1.29, 1.82) is 0 Å². The molecule has 5 rings (SSSR count). The minimum atomic E-state index is -0.745. The lowest BCUT2D eigenvalue weighted by atomic mass is 9.93. The van der Waals surface area contributed by atoms with Gasteiger partial charge in [0.25, 0.3) is 11.7 Å². The highest BCUT2D eigenvalue weighted by Crippen LogP contribution is 2.42. The predicted octanol–water partition coefficient (Wildman–Crippen LogP) is 6.12. The first-order valence-corrected chi connectivity index (χ1v) is 13.0. The molecule has 3 aromatic carbocycles. The molecule has 0 aliphatic carbocycles. The van der Waals surface area contributed by atoms with Crippen molar-refractivity contribution in [3.63, 3.8) is 0 Å². The number of aliphatic hydroxyl groups excluding tert-OH is 1. The van der Waals surface area contributed by atoms with E-state index in [9.17, 15) is 14.7 Å². The lowest BCUT2D eigenvalue weighted by molar-refractivity contribution is -0.140. The van der Waals surface area contributed by atoms with Gasteiger partial charge < -0.3 is 19.5 Å². The van der Waals surface area contributed by atoms with Crippen molar-refractivity contribution in [3.8, 4) is 11.5 Å². The van der Waals surface area contributed by atoms with Crippen molar-refractivity contribution in [3.05, 3.63) is 100 Å². The highest BCUT2D eigenvalue weighted by Gasteiger charge is 2.46. The van der Waals surface area contributed by atoms with Crippen LogP contribution in [0.3, 0.4) is 0 Å². The molecule has 0 aromatic heterocycles. The van der Waals surface area contributed by atoms with Crippen LogP contribution in [0.25, 0.3) is 5.76 Å². The molecule has 2 aliphatic rings. The zero-order valence-corrected chi connectivity index (χ0v) is 22.3. The van der Waals surface area contributed by atoms with E-state index in [-0.39, 0.29) is 17.9 Å². The van der Waals surface area contributed by atoms with E-state index in [0.717, 1.165) is 40.8 Å². The molecule has 0 radical (unpaired) electrons. The smallest absolute Gasteiger partial charge is 0.295 e. The van der Waals surface area contributed by atoms with E-state index in [1.165, 1.54) is 4.90 Å². The van der Waals surface area contributed by atoms with E-state index < -0.39 is 23.3 Å². The van der Waals surface area contributed by atoms with Crippen LogP contribution >= 0.6 is 0 Å². The van der Waals surface area contributed by atoms with Gasteiger partial charge in [0.15, 0.2) is 0 Å². The zero-order chi connectivity index (χ0) is 27.0. The third-order valence-electron chi connectivity index (χ3n) is 6.81. The van der Waals surface area contributed by atoms with E-state index in [4.69, 9.17) is 9.47 Å². The number of ether oxygens (including phenoxy) is 2. The number of aliphatic hydroxyl groups is 1. The molecule has 1 N–H and O–H groups in total. The molecule has 38 heavy (non-hydrogen) atoms. The Hall–Kier alpha value is -4.06. The number of para-hydroxylation sites is 1. The van der Waals surface area contributed by atoms with Gasteiger partial charge in [-0.3, -0.25) is 9.59 Å². The summed E-state index contributed by atoms with van der Waals surface area (Å²) in [6.07, 6.45) is 1.72. The summed E-state index contributed by atoms with van der Waals surface area (Å²) >= 11 is 0. The van der Waals surface area contributed by atoms with E-state index in [0.29, 0.717) is 17.9 Å². The van der Waals surface area contributed by atoms with E-state index in [1.807, 2.05) is 88.4 Å². The number of aryl methyl sites for hydroxylation is 2. The maximum Gasteiger partial charge on any atom is 0.295 e. The number of ketones is 1. The fourth-order valence-corrected chi connectivity index (χ4v) is 5.14. The van der Waals surface area contributed by atoms with Gasteiger partial charge in [0.1, 0.15) is 22.9 Å². The average Bonchev–Trinajstić information content (AvgIpc) is 3.13. The van der Waals surface area contributed by atoms with E-state index in [1.54, 1.807) is 6.07 Å². The minimum Gasteiger partial charge on any atom is -0.507 e. The number of carbonyl (C=O) groups excluding carboxylic acids is 2. The van der Waals surface area contributed by atoms with Crippen LogP contribution < -0.4 is 9.47 Å². The highest BCUT2D eigenvalue weighted by atomic mass is 16.5. The monoisotopic (exact) mass is 511 g/mol. The number of nitrogens with zero attached hydrogens (tertiary/aromatic N) is 1. The van der Waals surface area contributed by atoms with Crippen LogP contribution in [-0.2, 0) is 22.6 Å². The van der Waals surface area contributed by atoms with Crippen LogP contribution in [0.1, 0.15) is 61.1 Å². The number of likely N-dealkylation sites (tertiary alicyclic amines) is 1. The van der Waals surface area contributed by atoms with Crippen molar-refractivity contribution in [2.45, 2.75) is 58.7 Å². The summed E-state index contributed by atoms with van der Waals surface area (Å²) < 4.78 is 11.9. The molecule has 1 amide bonds. The molecule has 1 atom stereocenters. The second kappa shape index (κ2) is 10.0. The number of Topliss-reactive ketones (excluding diaryl/α,β-unsaturated/α-hetero) is 1. The van der Waals surface area contributed by atoms with Gasteiger partial charge in [-0.25, -0.2) is 0 Å². The second-order valence-corrected chi connectivity index (χ2v) is 10.9. The van der Waals surface area contributed by atoms with E-state index in [2.05, 4.69) is 0 Å². The van der Waals surface area contributed by atoms with Gasteiger partial charge in [-0.05, 0) is 75.9 Å². The maximum absolute atomic E-state index is 13.5. The summed E-state index contributed by atoms with van der Waals surface area (Å²) in [6, 6.07) is 19.9. The minimum absolute atomic E-state index is 0.0894. The van der Waals surface area contributed by atoms with Crippen LogP contribution in [-0.4, -0.2) is 33.9 Å². The third kappa shape index (κ3) is 5.03. The summed E-state index contributed by atoms with van der Waals surface area (Å²) in [4.78, 5) is 28.6. The molecule has 2 heterocycles. The summed E-state index contributed by atoms with van der Waals surface area (Å²) in [5.74, 6) is -0.0782. The predicted molar refractivity (Wildman–Crippen MR) is 146 cm³/mol. The fourth-order valence-electron chi connectivity index (χ4n) is 5.14. The molecule has 0 bridgehead atoms. The normalized spacial score (nSPS) is 18.7. The van der Waals surface area contributed by atoms with Gasteiger partial charge in [0.2, 0.25) is 0 Å². The van der Waals surface area contributed by atoms with Gasteiger partial charge in [-0.2, -0.15) is 0 Å². The van der Waals surface area contributed by atoms with Crippen LogP contribution in [0.4, 0.5) is 0 Å². The topological polar surface area (TPSA) is 76.1 Å². The molecule has 1 fully saturated rings. The van der Waals surface area contributed by atoms with Crippen molar-refractivity contribution < 1.29 is 24.2 Å². The largest absolute Gasteiger partial charge is 0.507 e. The Morgan fingerprint density at radius 2 is 1.84 bits per heavy atom. The van der Waals surface area contributed by atoms with Gasteiger partial charge in [-0.15, -0.1) is 0 Å². The summed E-state index contributed by atoms with van der Waals surface area (Å²) in [6.45, 7) is 8.68. The van der Waals surface area contributed by atoms with Crippen molar-refractivity contribution in [2.75, 3.05) is 6.61 Å². The Bertz CT molecular complexity index is 1430. The SMILES string of the molecule is Cc1cccc(C2/C(=C(/O)c3ccc4c(c3)CCCO4)C(=O)C(=O)N2Cc2ccccc2OC(C)(C)C)c1. The third-order valence-corrected chi connectivity index (χ3v) is 6.81. The molecule has 3 aromatic rings. The molecular formula is C32H33NO5. The Morgan fingerprint density at radius 1 is 1.05 bits per heavy atom. The van der Waals surface area contributed by atoms with Gasteiger partial charge in [-0.1, -0.05) is 48.0 Å². The molecule has 196 valence electrons. The quantitative estimate of drug-likeness (QED) is 0.254. The first-order chi connectivity index (χ1) is 18.1. The van der Waals surface area contributed by atoms with Gasteiger partial charge in [0, 0.05) is 11.1 Å². The van der Waals surface area contributed by atoms with E-state index >= 15 is 0 Å². The zero-order valence-electron chi connectivity index (χ0n) is 22.3. The van der Waals surface area contributed by atoms with Crippen LogP contribution in [0.15, 0.2) is 72.3 Å². The lowest BCUT2D eigenvalue weighted by Gasteiger charge is -2.28. The first-order valence-electron chi connectivity index (χ1n) is 13.0. The number of hydrogen-bond acceptors (Lipinski definition) is 5. The molecular weight excluding hydrogens is 478 g/mol. The second-order valence-electron chi connectivity index (χ2n) is 10.9. The Labute approximate surface area is 223 Å². The first kappa shape index (κ1) is 25.6. The van der Waals surface area contributed by atoms with Gasteiger partial charge in [0.05, 0.1) is 24.8 Å². The molecule has 1 unspecified atom stereocenters. The molecule has 6 heteroatoms. The summed E-state index contributed by atoms with van der Waals surface area (Å²) in [7, 11) is 0. The van der Waals surface area contributed by atoms with Crippen molar-refractivity contribution >= 4 is 17.4 Å². The van der Waals surface area contributed by atoms with Crippen LogP contribution in [0.2, 0.25) is 0 Å². The number of benzene rings is 3. The Balaban J connectivity index is 1.62. The van der Waals surface area contributed by atoms with Crippen LogP contribution in [0, 0.1) is 6.92 Å². The standard InChI is InChI=1S/C32H33NO5/c1-20-9-7-11-22(17-20)28-27(29(34)23-14-15-25-21(18-23)12-8-16-37-25)30(35)31(36)33(28)19-24-10-5-6-13-26(24)38-32(2,3)4/h5-7,9-11,13-15,17-18,28,34H,8,12,16,19H2,1-4H3/b29-27-. The highest BCUT2D eigenvalue weighted by molar-refractivity contribution is 6.46. The fraction of sp³-hybridized carbons (Fsp3) is 0.312. The number of fused-ring (bicyclic) bond motifs is 1. The van der Waals surface area contributed by atoms with Gasteiger partial charge >= 0.3 is 0 Å². The number of rotatable bonds is 5.